The Balaban J connectivity index is 1.85. The van der Waals surface area contributed by atoms with Crippen LogP contribution in [0.5, 0.6) is 0 Å². The molecule has 0 heterocycles. The van der Waals surface area contributed by atoms with E-state index in [1.807, 2.05) is 11.8 Å². The van der Waals surface area contributed by atoms with Crippen LogP contribution in [0.4, 0.5) is 0 Å². The lowest BCUT2D eigenvalue weighted by molar-refractivity contribution is 0.282. The van der Waals surface area contributed by atoms with Gasteiger partial charge in [-0.25, -0.2) is 0 Å². The van der Waals surface area contributed by atoms with Crippen molar-refractivity contribution in [1.29, 1.82) is 0 Å². The van der Waals surface area contributed by atoms with Gasteiger partial charge in [0.2, 0.25) is 0 Å². The number of benzene rings is 1. The number of rotatable bonds is 10. The fourth-order valence-electron chi connectivity index (χ4n) is 1.79. The van der Waals surface area contributed by atoms with Gasteiger partial charge >= 0.3 is 0 Å². The highest BCUT2D eigenvalue weighted by molar-refractivity contribution is 7.98. The minimum atomic E-state index is 0.354. The zero-order valence-corrected chi connectivity index (χ0v) is 11.4. The van der Waals surface area contributed by atoms with Crippen molar-refractivity contribution in [1.82, 2.24) is 0 Å². The maximum absolute atomic E-state index is 8.64. The first-order valence-corrected chi connectivity index (χ1v) is 7.81. The number of aliphatic hydroxyl groups is 1. The van der Waals surface area contributed by atoms with E-state index in [1.54, 1.807) is 0 Å². The molecule has 0 atom stereocenters. The Morgan fingerprint density at radius 3 is 2.18 bits per heavy atom. The molecule has 0 radical (unpaired) electrons. The van der Waals surface area contributed by atoms with Gasteiger partial charge in [0.1, 0.15) is 0 Å². The van der Waals surface area contributed by atoms with Gasteiger partial charge in [0.25, 0.3) is 0 Å². The predicted molar refractivity (Wildman–Crippen MR) is 77.4 cm³/mol. The molecule has 0 saturated carbocycles. The Labute approximate surface area is 110 Å². The summed E-state index contributed by atoms with van der Waals surface area (Å²) in [5.74, 6) is 2.42. The second-order valence-corrected chi connectivity index (χ2v) is 5.49. The summed E-state index contributed by atoms with van der Waals surface area (Å²) in [6.45, 7) is 0.354. The van der Waals surface area contributed by atoms with Crippen molar-refractivity contribution in [3.63, 3.8) is 0 Å². The number of thioether (sulfide) groups is 1. The Morgan fingerprint density at radius 2 is 1.47 bits per heavy atom. The van der Waals surface area contributed by atoms with Crippen molar-refractivity contribution < 1.29 is 5.11 Å². The first-order valence-electron chi connectivity index (χ1n) is 6.66. The normalized spacial score (nSPS) is 10.6. The van der Waals surface area contributed by atoms with Crippen LogP contribution >= 0.6 is 11.8 Å². The molecule has 1 rings (SSSR count). The molecule has 17 heavy (non-hydrogen) atoms. The van der Waals surface area contributed by atoms with Gasteiger partial charge in [0.15, 0.2) is 0 Å². The van der Waals surface area contributed by atoms with Crippen molar-refractivity contribution in [2.75, 3.05) is 12.4 Å². The SMILES string of the molecule is OCCCCCCCCSCc1ccccc1. The molecule has 0 bridgehead atoms. The van der Waals surface area contributed by atoms with Crippen molar-refractivity contribution >= 4 is 11.8 Å². The van der Waals surface area contributed by atoms with Gasteiger partial charge in [-0.2, -0.15) is 11.8 Å². The zero-order valence-electron chi connectivity index (χ0n) is 10.6. The summed E-state index contributed by atoms with van der Waals surface area (Å²) in [6.07, 6.45) is 7.44. The van der Waals surface area contributed by atoms with E-state index in [0.29, 0.717) is 6.61 Å². The molecular formula is C15H24OS. The van der Waals surface area contributed by atoms with Gasteiger partial charge in [-0.15, -0.1) is 0 Å². The molecule has 0 amide bonds. The van der Waals surface area contributed by atoms with E-state index in [1.165, 1.54) is 43.4 Å². The molecule has 2 heteroatoms. The van der Waals surface area contributed by atoms with Gasteiger partial charge in [0, 0.05) is 12.4 Å². The van der Waals surface area contributed by atoms with Crippen LogP contribution in [0.2, 0.25) is 0 Å². The monoisotopic (exact) mass is 252 g/mol. The predicted octanol–water partition coefficient (Wildman–Crippen LogP) is 4.25. The summed E-state index contributed by atoms with van der Waals surface area (Å²) in [4.78, 5) is 0. The topological polar surface area (TPSA) is 20.2 Å². The summed E-state index contributed by atoms with van der Waals surface area (Å²) in [5.41, 5.74) is 1.43. The summed E-state index contributed by atoms with van der Waals surface area (Å²) in [5, 5.41) is 8.64. The third kappa shape index (κ3) is 8.28. The van der Waals surface area contributed by atoms with E-state index >= 15 is 0 Å². The number of aliphatic hydroxyl groups excluding tert-OH is 1. The molecule has 96 valence electrons. The van der Waals surface area contributed by atoms with E-state index in [-0.39, 0.29) is 0 Å². The summed E-state index contributed by atoms with van der Waals surface area (Å²) in [7, 11) is 0. The quantitative estimate of drug-likeness (QED) is 0.628. The third-order valence-electron chi connectivity index (χ3n) is 2.81. The van der Waals surface area contributed by atoms with Crippen LogP contribution in [0, 0.1) is 0 Å². The maximum Gasteiger partial charge on any atom is 0.0431 e. The van der Waals surface area contributed by atoms with Crippen molar-refractivity contribution in [2.24, 2.45) is 0 Å². The summed E-state index contributed by atoms with van der Waals surface area (Å²) < 4.78 is 0. The maximum atomic E-state index is 8.64. The second-order valence-electron chi connectivity index (χ2n) is 4.38. The molecule has 0 spiro atoms. The van der Waals surface area contributed by atoms with Crippen LogP contribution in [0.3, 0.4) is 0 Å². The molecule has 1 aromatic carbocycles. The fourth-order valence-corrected chi connectivity index (χ4v) is 2.77. The average Bonchev–Trinajstić information content (AvgIpc) is 2.38. The van der Waals surface area contributed by atoms with Crippen LogP contribution in [-0.2, 0) is 5.75 Å². The van der Waals surface area contributed by atoms with Crippen LogP contribution < -0.4 is 0 Å². The zero-order chi connectivity index (χ0) is 12.2. The van der Waals surface area contributed by atoms with Gasteiger partial charge in [0.05, 0.1) is 0 Å². The Morgan fingerprint density at radius 1 is 0.824 bits per heavy atom. The van der Waals surface area contributed by atoms with Gasteiger partial charge in [-0.05, 0) is 24.2 Å². The van der Waals surface area contributed by atoms with E-state index in [9.17, 15) is 0 Å². The molecule has 0 aliphatic rings. The summed E-state index contributed by atoms with van der Waals surface area (Å²) in [6, 6.07) is 10.7. The van der Waals surface area contributed by atoms with Crippen molar-refractivity contribution in [3.05, 3.63) is 35.9 Å². The number of hydrogen-bond acceptors (Lipinski definition) is 2. The van der Waals surface area contributed by atoms with Crippen molar-refractivity contribution in [2.45, 2.75) is 44.3 Å². The highest BCUT2D eigenvalue weighted by Gasteiger charge is 1.94. The first kappa shape index (κ1) is 14.6. The molecule has 0 aliphatic carbocycles. The minimum Gasteiger partial charge on any atom is -0.396 e. The smallest absolute Gasteiger partial charge is 0.0431 e. The van der Waals surface area contributed by atoms with E-state index in [4.69, 9.17) is 5.11 Å². The Hall–Kier alpha value is -0.470. The highest BCUT2D eigenvalue weighted by atomic mass is 32.2. The van der Waals surface area contributed by atoms with Gasteiger partial charge in [-0.1, -0.05) is 56.0 Å². The molecule has 0 unspecified atom stereocenters. The molecule has 0 saturated heterocycles. The van der Waals surface area contributed by atoms with Crippen LogP contribution in [0.25, 0.3) is 0 Å². The van der Waals surface area contributed by atoms with Crippen LogP contribution in [-0.4, -0.2) is 17.5 Å². The largest absolute Gasteiger partial charge is 0.396 e. The molecule has 1 aromatic rings. The molecule has 0 fully saturated rings. The van der Waals surface area contributed by atoms with Gasteiger partial charge < -0.3 is 5.11 Å². The van der Waals surface area contributed by atoms with E-state index < -0.39 is 0 Å². The number of unbranched alkanes of at least 4 members (excludes halogenated alkanes) is 5. The van der Waals surface area contributed by atoms with E-state index in [2.05, 4.69) is 30.3 Å². The molecule has 0 aliphatic heterocycles. The average molecular weight is 252 g/mol. The third-order valence-corrected chi connectivity index (χ3v) is 3.92. The van der Waals surface area contributed by atoms with Crippen LogP contribution in [0.15, 0.2) is 30.3 Å². The molecular weight excluding hydrogens is 228 g/mol. The number of hydrogen-bond donors (Lipinski definition) is 1. The first-order chi connectivity index (χ1) is 8.43. The lowest BCUT2D eigenvalue weighted by Gasteiger charge is -2.02. The minimum absolute atomic E-state index is 0.354. The van der Waals surface area contributed by atoms with Crippen molar-refractivity contribution in [3.8, 4) is 0 Å². The molecule has 1 N–H and O–H groups in total. The molecule has 0 aromatic heterocycles. The fraction of sp³-hybridized carbons (Fsp3) is 0.600. The highest BCUT2D eigenvalue weighted by Crippen LogP contribution is 2.14. The van der Waals surface area contributed by atoms with E-state index in [0.717, 1.165) is 12.2 Å². The summed E-state index contributed by atoms with van der Waals surface area (Å²) >= 11 is 2.03. The standard InChI is InChI=1S/C15H24OS/c16-12-8-3-1-2-4-9-13-17-14-15-10-6-5-7-11-15/h5-7,10-11,16H,1-4,8-9,12-14H2. The Bertz CT molecular complexity index is 261. The van der Waals surface area contributed by atoms with Gasteiger partial charge in [-0.3, -0.25) is 0 Å². The van der Waals surface area contributed by atoms with Crippen LogP contribution in [0.1, 0.15) is 44.1 Å². The lowest BCUT2D eigenvalue weighted by atomic mass is 10.1. The molecule has 1 nitrogen and oxygen atoms in total. The Kier molecular flexibility index (Phi) is 9.16. The second kappa shape index (κ2) is 10.7. The lowest BCUT2D eigenvalue weighted by Crippen LogP contribution is -1.86.